The number of aliphatic carboxylic acids is 1. The Labute approximate surface area is 122 Å². The molecule has 1 aromatic rings. The van der Waals surface area contributed by atoms with Crippen molar-refractivity contribution in [2.24, 2.45) is 0 Å². The number of hydrogen-bond acceptors (Lipinski definition) is 3. The highest BCUT2D eigenvalue weighted by Crippen LogP contribution is 2.13. The average Bonchev–Trinajstić information content (AvgIpc) is 2.50. The largest absolute Gasteiger partial charge is 0.479 e. The Bertz CT molecular complexity index is 504. The summed E-state index contributed by atoms with van der Waals surface area (Å²) in [5.41, 5.74) is 0.467. The molecule has 0 fully saturated rings. The molecule has 0 radical (unpaired) electrons. The second kappa shape index (κ2) is 7.88. The van der Waals surface area contributed by atoms with Gasteiger partial charge in [-0.3, -0.25) is 4.79 Å². The zero-order chi connectivity index (χ0) is 15.8. The minimum Gasteiger partial charge on any atom is -0.479 e. The monoisotopic (exact) mass is 293 g/mol. The van der Waals surface area contributed by atoms with Crippen molar-refractivity contribution < 1.29 is 19.5 Å². The van der Waals surface area contributed by atoms with E-state index in [-0.39, 0.29) is 12.5 Å². The highest BCUT2D eigenvalue weighted by Gasteiger charge is 2.24. The molecule has 0 aliphatic heterocycles. The molecule has 0 bridgehead atoms. The molecule has 7 nitrogen and oxygen atoms in total. The average molecular weight is 293 g/mol. The van der Waals surface area contributed by atoms with Gasteiger partial charge in [0.05, 0.1) is 0 Å². The van der Waals surface area contributed by atoms with Gasteiger partial charge in [-0.15, -0.1) is 0 Å². The lowest BCUT2D eigenvalue weighted by Crippen LogP contribution is -2.47. The predicted octanol–water partition coefficient (Wildman–Crippen LogP) is 0.590. The molecule has 0 saturated heterocycles. The molecule has 3 N–H and O–H groups in total. The van der Waals surface area contributed by atoms with Gasteiger partial charge in [-0.05, 0) is 12.5 Å². The molecule has 0 aromatic heterocycles. The topological polar surface area (TPSA) is 98.7 Å². The number of carbonyl (C=O) groups is 3. The molecule has 1 aromatic carbocycles. The molecule has 0 unspecified atom stereocenters. The maximum absolute atomic E-state index is 12.1. The summed E-state index contributed by atoms with van der Waals surface area (Å²) in [6, 6.07) is 6.63. The minimum absolute atomic E-state index is 0.125. The lowest BCUT2D eigenvalue weighted by atomic mass is 10.1. The van der Waals surface area contributed by atoms with Crippen LogP contribution in [-0.2, 0) is 9.59 Å². The molecule has 0 aliphatic carbocycles. The summed E-state index contributed by atoms with van der Waals surface area (Å²) in [5.74, 6) is -1.48. The van der Waals surface area contributed by atoms with E-state index in [9.17, 15) is 19.5 Å². The molecule has 114 valence electrons. The number of nitrogens with one attached hydrogen (secondary N) is 2. The third kappa shape index (κ3) is 4.79. The second-order valence-electron chi connectivity index (χ2n) is 4.32. The van der Waals surface area contributed by atoms with Gasteiger partial charge in [0, 0.05) is 13.6 Å². The van der Waals surface area contributed by atoms with E-state index in [0.29, 0.717) is 12.1 Å². The van der Waals surface area contributed by atoms with Crippen LogP contribution in [0.1, 0.15) is 18.5 Å². The zero-order valence-electron chi connectivity index (χ0n) is 12.0. The van der Waals surface area contributed by atoms with Crippen molar-refractivity contribution in [2.75, 3.05) is 20.1 Å². The van der Waals surface area contributed by atoms with E-state index >= 15 is 0 Å². The molecule has 0 saturated carbocycles. The standard InChI is InChI=1S/C14H19N3O4/c1-3-17(9-11(18)15-2)14(21)16-12(13(19)20)10-7-5-4-6-8-10/h4-8,12H,3,9H2,1-2H3,(H,15,18)(H,16,21)(H,19,20)/t12-/m1/s1. The number of benzene rings is 1. The highest BCUT2D eigenvalue weighted by atomic mass is 16.4. The Balaban J connectivity index is 2.81. The predicted molar refractivity (Wildman–Crippen MR) is 76.7 cm³/mol. The summed E-state index contributed by atoms with van der Waals surface area (Å²) in [7, 11) is 1.47. The van der Waals surface area contributed by atoms with Gasteiger partial charge in [0.2, 0.25) is 5.91 Å². The molecule has 0 spiro atoms. The molecule has 0 heterocycles. The quantitative estimate of drug-likeness (QED) is 0.715. The smallest absolute Gasteiger partial charge is 0.330 e. The van der Waals surface area contributed by atoms with E-state index < -0.39 is 18.0 Å². The van der Waals surface area contributed by atoms with Gasteiger partial charge in [-0.1, -0.05) is 30.3 Å². The van der Waals surface area contributed by atoms with E-state index in [4.69, 9.17) is 0 Å². The summed E-state index contributed by atoms with van der Waals surface area (Å²) in [5, 5.41) is 14.1. The molecular formula is C14H19N3O4. The number of amides is 3. The number of carboxylic acid groups (broad SMARTS) is 1. The third-order valence-electron chi connectivity index (χ3n) is 2.93. The summed E-state index contributed by atoms with van der Waals surface area (Å²) in [6.45, 7) is 1.88. The number of nitrogens with zero attached hydrogens (tertiary/aromatic N) is 1. The van der Waals surface area contributed by atoms with Crippen LogP contribution in [0.4, 0.5) is 4.79 Å². The lowest BCUT2D eigenvalue weighted by molar-refractivity contribution is -0.139. The van der Waals surface area contributed by atoms with Crippen LogP contribution in [0.3, 0.4) is 0 Å². The molecule has 0 aliphatic rings. The van der Waals surface area contributed by atoms with Gasteiger partial charge in [0.1, 0.15) is 6.54 Å². The van der Waals surface area contributed by atoms with Crippen LogP contribution in [-0.4, -0.2) is 48.1 Å². The van der Waals surface area contributed by atoms with Crippen molar-refractivity contribution >= 4 is 17.9 Å². The van der Waals surface area contributed by atoms with Gasteiger partial charge in [-0.25, -0.2) is 9.59 Å². The first-order chi connectivity index (χ1) is 9.99. The maximum atomic E-state index is 12.1. The van der Waals surface area contributed by atoms with Crippen LogP contribution in [0.5, 0.6) is 0 Å². The Hall–Kier alpha value is -2.57. The first-order valence-corrected chi connectivity index (χ1v) is 6.53. The van der Waals surface area contributed by atoms with Crippen LogP contribution >= 0.6 is 0 Å². The number of likely N-dealkylation sites (N-methyl/N-ethyl adjacent to an activating group) is 2. The van der Waals surface area contributed by atoms with Gasteiger partial charge in [0.15, 0.2) is 6.04 Å². The number of hydrogen-bond donors (Lipinski definition) is 3. The molecule has 7 heteroatoms. The molecule has 21 heavy (non-hydrogen) atoms. The molecule has 3 amide bonds. The van der Waals surface area contributed by atoms with E-state index in [2.05, 4.69) is 10.6 Å². The first kappa shape index (κ1) is 16.5. The van der Waals surface area contributed by atoms with Crippen molar-refractivity contribution in [3.8, 4) is 0 Å². The molecular weight excluding hydrogens is 274 g/mol. The zero-order valence-corrected chi connectivity index (χ0v) is 12.0. The van der Waals surface area contributed by atoms with Crippen molar-refractivity contribution in [1.82, 2.24) is 15.5 Å². The normalized spacial score (nSPS) is 11.3. The summed E-state index contributed by atoms with van der Waals surface area (Å²) < 4.78 is 0. The van der Waals surface area contributed by atoms with Gasteiger partial charge in [0.25, 0.3) is 0 Å². The van der Waals surface area contributed by atoms with Crippen molar-refractivity contribution in [1.29, 1.82) is 0 Å². The summed E-state index contributed by atoms with van der Waals surface area (Å²) >= 11 is 0. The van der Waals surface area contributed by atoms with Crippen LogP contribution in [0.15, 0.2) is 30.3 Å². The Kier molecular flexibility index (Phi) is 6.19. The Morgan fingerprint density at radius 3 is 2.33 bits per heavy atom. The fourth-order valence-corrected chi connectivity index (χ4v) is 1.73. The molecule has 1 rings (SSSR count). The number of carbonyl (C=O) groups excluding carboxylic acids is 2. The summed E-state index contributed by atoms with van der Waals surface area (Å²) in [6.07, 6.45) is 0. The van der Waals surface area contributed by atoms with E-state index in [1.165, 1.54) is 11.9 Å². The van der Waals surface area contributed by atoms with Crippen molar-refractivity contribution in [3.63, 3.8) is 0 Å². The second-order valence-corrected chi connectivity index (χ2v) is 4.32. The van der Waals surface area contributed by atoms with Crippen LogP contribution in [0, 0.1) is 0 Å². The fraction of sp³-hybridized carbons (Fsp3) is 0.357. The third-order valence-corrected chi connectivity index (χ3v) is 2.93. The Morgan fingerprint density at radius 1 is 1.24 bits per heavy atom. The van der Waals surface area contributed by atoms with Crippen LogP contribution in [0.25, 0.3) is 0 Å². The van der Waals surface area contributed by atoms with Crippen LogP contribution < -0.4 is 10.6 Å². The first-order valence-electron chi connectivity index (χ1n) is 6.53. The van der Waals surface area contributed by atoms with Gasteiger partial charge >= 0.3 is 12.0 Å². The minimum atomic E-state index is -1.16. The highest BCUT2D eigenvalue weighted by molar-refractivity contribution is 5.87. The maximum Gasteiger partial charge on any atom is 0.330 e. The summed E-state index contributed by atoms with van der Waals surface area (Å²) in [4.78, 5) is 36.0. The Morgan fingerprint density at radius 2 is 1.86 bits per heavy atom. The van der Waals surface area contributed by atoms with Crippen LogP contribution in [0.2, 0.25) is 0 Å². The van der Waals surface area contributed by atoms with E-state index in [1.54, 1.807) is 37.3 Å². The number of urea groups is 1. The van der Waals surface area contributed by atoms with Gasteiger partial charge < -0.3 is 20.6 Å². The van der Waals surface area contributed by atoms with Gasteiger partial charge in [-0.2, -0.15) is 0 Å². The molecule has 1 atom stereocenters. The number of rotatable bonds is 6. The fourth-order valence-electron chi connectivity index (χ4n) is 1.73. The lowest BCUT2D eigenvalue weighted by Gasteiger charge is -2.23. The van der Waals surface area contributed by atoms with Crippen molar-refractivity contribution in [2.45, 2.75) is 13.0 Å². The van der Waals surface area contributed by atoms with E-state index in [0.717, 1.165) is 0 Å². The van der Waals surface area contributed by atoms with Crippen molar-refractivity contribution in [3.05, 3.63) is 35.9 Å². The number of carboxylic acids is 1. The van der Waals surface area contributed by atoms with E-state index in [1.807, 2.05) is 0 Å². The SMILES string of the molecule is CCN(CC(=O)NC)C(=O)N[C@@H](C(=O)O)c1ccccc1.